The van der Waals surface area contributed by atoms with E-state index in [1.54, 1.807) is 6.92 Å². The van der Waals surface area contributed by atoms with Crippen molar-refractivity contribution in [2.45, 2.75) is 19.7 Å². The summed E-state index contributed by atoms with van der Waals surface area (Å²) in [7, 11) is 0. The van der Waals surface area contributed by atoms with E-state index < -0.39 is 18.2 Å². The number of hydrogen-bond acceptors (Lipinski definition) is 5. The number of carboxylic acids is 1. The number of nitrogens with one attached hydrogen (secondary N) is 1. The first-order chi connectivity index (χ1) is 11.7. The molecule has 2 N–H and O–H groups in total. The van der Waals surface area contributed by atoms with Crippen LogP contribution in [0.2, 0.25) is 0 Å². The van der Waals surface area contributed by atoms with Crippen LogP contribution < -0.4 is 10.1 Å². The smallest absolute Gasteiger partial charge is 0.481 e. The predicted molar refractivity (Wildman–Crippen MR) is 83.6 cm³/mol. The number of nitrogens with zero attached hydrogens (tertiary/aromatic N) is 1. The van der Waals surface area contributed by atoms with Gasteiger partial charge < -0.3 is 15.2 Å². The van der Waals surface area contributed by atoms with E-state index in [9.17, 15) is 22.8 Å². The standard InChI is InChI=1S/C15H13F3N2O4S/c1-8-12(13(23)19-7-6-11(21)22)25-14(20-8)9-2-4-10(5-3-9)24-15(16,17)18/h2-5H,6-7H2,1H3,(H,19,23)(H,21,22). The van der Waals surface area contributed by atoms with Gasteiger partial charge in [-0.15, -0.1) is 24.5 Å². The molecular formula is C15H13F3N2O4S. The van der Waals surface area contributed by atoms with E-state index in [4.69, 9.17) is 5.11 Å². The van der Waals surface area contributed by atoms with E-state index in [0.29, 0.717) is 21.1 Å². The van der Waals surface area contributed by atoms with Crippen LogP contribution in [-0.2, 0) is 4.79 Å². The number of aryl methyl sites for hydroxylation is 1. The SMILES string of the molecule is Cc1nc(-c2ccc(OC(F)(F)F)cc2)sc1C(=O)NCCC(=O)O. The molecule has 134 valence electrons. The maximum atomic E-state index is 12.1. The number of benzene rings is 1. The molecule has 1 aromatic carbocycles. The second-order valence-corrected chi connectivity index (χ2v) is 5.90. The van der Waals surface area contributed by atoms with Crippen LogP contribution in [0.1, 0.15) is 21.8 Å². The summed E-state index contributed by atoms with van der Waals surface area (Å²) in [5, 5.41) is 11.5. The molecule has 0 aliphatic rings. The van der Waals surface area contributed by atoms with Crippen molar-refractivity contribution in [1.29, 1.82) is 0 Å². The highest BCUT2D eigenvalue weighted by Gasteiger charge is 2.31. The van der Waals surface area contributed by atoms with Gasteiger partial charge in [0.15, 0.2) is 0 Å². The molecule has 1 heterocycles. The van der Waals surface area contributed by atoms with Crippen molar-refractivity contribution >= 4 is 23.2 Å². The Hall–Kier alpha value is -2.62. The molecule has 2 aromatic rings. The van der Waals surface area contributed by atoms with Gasteiger partial charge in [0.05, 0.1) is 12.1 Å². The maximum absolute atomic E-state index is 12.1. The fourth-order valence-electron chi connectivity index (χ4n) is 1.89. The Bertz CT molecular complexity index is 772. The van der Waals surface area contributed by atoms with Crippen LogP contribution >= 0.6 is 11.3 Å². The molecule has 10 heteroatoms. The van der Waals surface area contributed by atoms with Crippen LogP contribution in [0, 0.1) is 6.92 Å². The number of aromatic nitrogens is 1. The van der Waals surface area contributed by atoms with E-state index in [-0.39, 0.29) is 18.7 Å². The number of ether oxygens (including phenoxy) is 1. The first kappa shape index (κ1) is 18.7. The molecular weight excluding hydrogens is 361 g/mol. The normalized spacial score (nSPS) is 11.2. The summed E-state index contributed by atoms with van der Waals surface area (Å²) in [6.07, 6.45) is -4.96. The zero-order valence-corrected chi connectivity index (χ0v) is 13.7. The van der Waals surface area contributed by atoms with Crippen LogP contribution in [0.15, 0.2) is 24.3 Å². The molecule has 0 saturated carbocycles. The minimum Gasteiger partial charge on any atom is -0.481 e. The zero-order chi connectivity index (χ0) is 18.6. The van der Waals surface area contributed by atoms with Crippen LogP contribution in [0.3, 0.4) is 0 Å². The fraction of sp³-hybridized carbons (Fsp3) is 0.267. The van der Waals surface area contributed by atoms with Crippen molar-refractivity contribution in [3.8, 4) is 16.3 Å². The van der Waals surface area contributed by atoms with E-state index in [2.05, 4.69) is 15.0 Å². The van der Waals surface area contributed by atoms with E-state index in [1.165, 1.54) is 12.1 Å². The van der Waals surface area contributed by atoms with Crippen LogP contribution in [0.4, 0.5) is 13.2 Å². The number of carbonyl (C=O) groups excluding carboxylic acids is 1. The van der Waals surface area contributed by atoms with Gasteiger partial charge in [-0.25, -0.2) is 4.98 Å². The van der Waals surface area contributed by atoms with Crippen molar-refractivity contribution in [2.75, 3.05) is 6.54 Å². The first-order valence-electron chi connectivity index (χ1n) is 6.99. The molecule has 0 saturated heterocycles. The van der Waals surface area contributed by atoms with Crippen molar-refractivity contribution < 1.29 is 32.6 Å². The number of aliphatic carboxylic acids is 1. The quantitative estimate of drug-likeness (QED) is 0.811. The number of carbonyl (C=O) groups is 2. The third-order valence-corrected chi connectivity index (χ3v) is 4.17. The number of thiazole rings is 1. The topological polar surface area (TPSA) is 88.5 Å². The van der Waals surface area contributed by atoms with Gasteiger partial charge in [-0.3, -0.25) is 9.59 Å². The highest BCUT2D eigenvalue weighted by Crippen LogP contribution is 2.30. The first-order valence-corrected chi connectivity index (χ1v) is 7.81. The molecule has 2 rings (SSSR count). The lowest BCUT2D eigenvalue weighted by atomic mass is 10.2. The van der Waals surface area contributed by atoms with Gasteiger partial charge in [0, 0.05) is 12.1 Å². The van der Waals surface area contributed by atoms with Gasteiger partial charge >= 0.3 is 12.3 Å². The fourth-order valence-corrected chi connectivity index (χ4v) is 2.88. The van der Waals surface area contributed by atoms with Crippen LogP contribution in [0.25, 0.3) is 10.6 Å². The van der Waals surface area contributed by atoms with Crippen molar-refractivity contribution in [3.05, 3.63) is 34.8 Å². The summed E-state index contributed by atoms with van der Waals surface area (Å²) in [4.78, 5) is 27.0. The third kappa shape index (κ3) is 5.45. The molecule has 0 aliphatic heterocycles. The van der Waals surface area contributed by atoms with E-state index >= 15 is 0 Å². The lowest BCUT2D eigenvalue weighted by Crippen LogP contribution is -2.25. The lowest BCUT2D eigenvalue weighted by Gasteiger charge is -2.08. The number of hydrogen-bond donors (Lipinski definition) is 2. The number of amides is 1. The largest absolute Gasteiger partial charge is 0.573 e. The Morgan fingerprint density at radius 1 is 1.28 bits per heavy atom. The summed E-state index contributed by atoms with van der Waals surface area (Å²) in [5.74, 6) is -1.82. The van der Waals surface area contributed by atoms with Gasteiger partial charge in [-0.05, 0) is 31.2 Å². The Labute approximate surface area is 144 Å². The Morgan fingerprint density at radius 3 is 2.48 bits per heavy atom. The number of rotatable bonds is 6. The van der Waals surface area contributed by atoms with Crippen LogP contribution in [-0.4, -0.2) is 34.9 Å². The molecule has 0 atom stereocenters. The van der Waals surface area contributed by atoms with Gasteiger partial charge in [-0.2, -0.15) is 0 Å². The molecule has 1 aromatic heterocycles. The predicted octanol–water partition coefficient (Wildman–Crippen LogP) is 3.22. The van der Waals surface area contributed by atoms with Gasteiger partial charge in [-0.1, -0.05) is 0 Å². The molecule has 0 aliphatic carbocycles. The summed E-state index contributed by atoms with van der Waals surface area (Å²) in [6, 6.07) is 5.13. The van der Waals surface area contributed by atoms with Gasteiger partial charge in [0.2, 0.25) is 0 Å². The van der Waals surface area contributed by atoms with Crippen molar-refractivity contribution in [1.82, 2.24) is 10.3 Å². The highest BCUT2D eigenvalue weighted by molar-refractivity contribution is 7.17. The van der Waals surface area contributed by atoms with Crippen LogP contribution in [0.5, 0.6) is 5.75 Å². The molecule has 6 nitrogen and oxygen atoms in total. The molecule has 0 fully saturated rings. The summed E-state index contributed by atoms with van der Waals surface area (Å²) < 4.78 is 40.2. The average molecular weight is 374 g/mol. The Morgan fingerprint density at radius 2 is 1.92 bits per heavy atom. The third-order valence-electron chi connectivity index (χ3n) is 2.96. The minimum atomic E-state index is -4.76. The summed E-state index contributed by atoms with van der Waals surface area (Å²) >= 11 is 1.06. The monoisotopic (exact) mass is 374 g/mol. The van der Waals surface area contributed by atoms with E-state index in [0.717, 1.165) is 23.5 Å². The minimum absolute atomic E-state index is 0.00961. The molecule has 0 spiro atoms. The Kier molecular flexibility index (Phi) is 5.62. The maximum Gasteiger partial charge on any atom is 0.573 e. The van der Waals surface area contributed by atoms with Gasteiger partial charge in [0.25, 0.3) is 5.91 Å². The second-order valence-electron chi connectivity index (χ2n) is 4.91. The lowest BCUT2D eigenvalue weighted by molar-refractivity contribution is -0.274. The molecule has 0 unspecified atom stereocenters. The molecule has 0 bridgehead atoms. The molecule has 25 heavy (non-hydrogen) atoms. The zero-order valence-electron chi connectivity index (χ0n) is 12.9. The average Bonchev–Trinajstić information content (AvgIpc) is 2.88. The Balaban J connectivity index is 2.11. The summed E-state index contributed by atoms with van der Waals surface area (Å²) in [5.41, 5.74) is 0.982. The number of halogens is 3. The highest BCUT2D eigenvalue weighted by atomic mass is 32.1. The number of carboxylic acid groups (broad SMARTS) is 1. The summed E-state index contributed by atoms with van der Waals surface area (Å²) in [6.45, 7) is 1.61. The van der Waals surface area contributed by atoms with Crippen molar-refractivity contribution in [3.63, 3.8) is 0 Å². The van der Waals surface area contributed by atoms with Crippen molar-refractivity contribution in [2.24, 2.45) is 0 Å². The molecule has 0 radical (unpaired) electrons. The number of alkyl halides is 3. The molecule has 1 amide bonds. The van der Waals surface area contributed by atoms with E-state index in [1.807, 2.05) is 0 Å². The second kappa shape index (κ2) is 7.51. The van der Waals surface area contributed by atoms with Gasteiger partial charge in [0.1, 0.15) is 15.6 Å².